The Morgan fingerprint density at radius 3 is 2.73 bits per heavy atom. The number of hydrogen-bond acceptors (Lipinski definition) is 5. The third-order valence-corrected chi connectivity index (χ3v) is 5.09. The largest absolute Gasteiger partial charge is 0.358 e. The van der Waals surface area contributed by atoms with Crippen LogP contribution >= 0.6 is 0 Å². The minimum Gasteiger partial charge on any atom is -0.358 e. The van der Waals surface area contributed by atoms with E-state index >= 15 is 0 Å². The van der Waals surface area contributed by atoms with E-state index < -0.39 is 0 Å². The number of pyridine rings is 1. The number of likely N-dealkylation sites (N-methyl/N-ethyl adjacent to an activating group) is 1. The molecular formula is C20H27N5O. The molecule has 0 radical (unpaired) electrons. The van der Waals surface area contributed by atoms with E-state index in [2.05, 4.69) is 26.8 Å². The molecule has 1 amide bonds. The molecule has 1 atom stereocenters. The molecule has 2 aromatic heterocycles. The lowest BCUT2D eigenvalue weighted by atomic mass is 10.00. The average Bonchev–Trinajstić information content (AvgIpc) is 2.72. The van der Waals surface area contributed by atoms with E-state index in [0.29, 0.717) is 11.7 Å². The molecule has 0 N–H and O–H groups in total. The fourth-order valence-corrected chi connectivity index (χ4v) is 3.43. The summed E-state index contributed by atoms with van der Waals surface area (Å²) in [4.78, 5) is 29.7. The van der Waals surface area contributed by atoms with Crippen LogP contribution in [-0.2, 0) is 6.42 Å². The smallest absolute Gasteiger partial charge is 0.274 e. The van der Waals surface area contributed by atoms with Crippen molar-refractivity contribution in [2.75, 3.05) is 25.0 Å². The number of carbonyl (C=O) groups is 1. The van der Waals surface area contributed by atoms with Crippen molar-refractivity contribution in [3.8, 4) is 0 Å². The summed E-state index contributed by atoms with van der Waals surface area (Å²) in [5, 5.41) is 0. The van der Waals surface area contributed by atoms with Crippen molar-refractivity contribution in [2.45, 2.75) is 45.1 Å². The predicted octanol–water partition coefficient (Wildman–Crippen LogP) is 2.96. The first kappa shape index (κ1) is 18.3. The highest BCUT2D eigenvalue weighted by Gasteiger charge is 2.27. The van der Waals surface area contributed by atoms with Gasteiger partial charge in [0.25, 0.3) is 5.91 Å². The molecule has 6 nitrogen and oxygen atoms in total. The van der Waals surface area contributed by atoms with Crippen LogP contribution in [0.3, 0.4) is 0 Å². The number of piperidine rings is 1. The van der Waals surface area contributed by atoms with Gasteiger partial charge in [-0.05, 0) is 49.8 Å². The second-order valence-electron chi connectivity index (χ2n) is 6.84. The molecular weight excluding hydrogens is 326 g/mol. The normalized spacial score (nSPS) is 17.2. The summed E-state index contributed by atoms with van der Waals surface area (Å²) in [6.45, 7) is 3.80. The van der Waals surface area contributed by atoms with Crippen molar-refractivity contribution in [3.05, 3.63) is 48.2 Å². The maximum absolute atomic E-state index is 12.8. The summed E-state index contributed by atoms with van der Waals surface area (Å²) in [7, 11) is 1.99. The Labute approximate surface area is 155 Å². The lowest BCUT2D eigenvalue weighted by Crippen LogP contribution is -2.43. The summed E-state index contributed by atoms with van der Waals surface area (Å²) < 4.78 is 0. The molecule has 0 saturated carbocycles. The summed E-state index contributed by atoms with van der Waals surface area (Å²) in [5.74, 6) is 0.788. The SMILES string of the molecule is CCC1CCCCN1C(=O)c1cnc(N(C)CCc2ccncc2)cn1. The number of carbonyl (C=O) groups excluding carboxylic acids is 1. The van der Waals surface area contributed by atoms with Crippen LogP contribution in [0.1, 0.15) is 48.7 Å². The number of amides is 1. The van der Waals surface area contributed by atoms with E-state index in [9.17, 15) is 4.79 Å². The topological polar surface area (TPSA) is 62.2 Å². The Kier molecular flexibility index (Phi) is 6.15. The quantitative estimate of drug-likeness (QED) is 0.799. The maximum Gasteiger partial charge on any atom is 0.274 e. The summed E-state index contributed by atoms with van der Waals surface area (Å²) in [6.07, 6.45) is 12.2. The molecule has 0 bridgehead atoms. The van der Waals surface area contributed by atoms with Gasteiger partial charge >= 0.3 is 0 Å². The first-order chi connectivity index (χ1) is 12.7. The standard InChI is InChI=1S/C20H27N5O/c1-3-17-6-4-5-12-25(17)20(26)18-14-23-19(15-22-18)24(2)13-9-16-7-10-21-11-8-16/h7-8,10-11,14-15,17H,3-6,9,12-13H2,1-2H3. The van der Waals surface area contributed by atoms with E-state index in [1.54, 1.807) is 24.8 Å². The molecule has 0 aromatic carbocycles. The van der Waals surface area contributed by atoms with Gasteiger partial charge in [0.05, 0.1) is 12.4 Å². The number of likely N-dealkylation sites (tertiary alicyclic amines) is 1. The maximum atomic E-state index is 12.8. The predicted molar refractivity (Wildman–Crippen MR) is 102 cm³/mol. The molecule has 2 aromatic rings. The van der Waals surface area contributed by atoms with Crippen LogP contribution < -0.4 is 4.90 Å². The molecule has 26 heavy (non-hydrogen) atoms. The highest BCUT2D eigenvalue weighted by atomic mass is 16.2. The zero-order valence-corrected chi connectivity index (χ0v) is 15.6. The van der Waals surface area contributed by atoms with Gasteiger partial charge in [-0.2, -0.15) is 0 Å². The monoisotopic (exact) mass is 353 g/mol. The van der Waals surface area contributed by atoms with Crippen LogP contribution in [0.4, 0.5) is 5.82 Å². The molecule has 1 aliphatic rings. The summed E-state index contributed by atoms with van der Waals surface area (Å²) in [6, 6.07) is 4.37. The summed E-state index contributed by atoms with van der Waals surface area (Å²) in [5.41, 5.74) is 1.68. The van der Waals surface area contributed by atoms with Crippen LogP contribution in [0.15, 0.2) is 36.9 Å². The Morgan fingerprint density at radius 1 is 1.23 bits per heavy atom. The molecule has 6 heteroatoms. The van der Waals surface area contributed by atoms with Crippen LogP contribution in [0.25, 0.3) is 0 Å². The second-order valence-corrected chi connectivity index (χ2v) is 6.84. The average molecular weight is 353 g/mol. The van der Waals surface area contributed by atoms with Gasteiger partial charge in [0.2, 0.25) is 0 Å². The van der Waals surface area contributed by atoms with Crippen molar-refractivity contribution in [1.29, 1.82) is 0 Å². The lowest BCUT2D eigenvalue weighted by Gasteiger charge is -2.35. The van der Waals surface area contributed by atoms with Crippen LogP contribution in [0, 0.1) is 0 Å². The first-order valence-electron chi connectivity index (χ1n) is 9.42. The molecule has 138 valence electrons. The fourth-order valence-electron chi connectivity index (χ4n) is 3.43. The van der Waals surface area contributed by atoms with Gasteiger partial charge < -0.3 is 9.80 Å². The summed E-state index contributed by atoms with van der Waals surface area (Å²) >= 11 is 0. The van der Waals surface area contributed by atoms with Gasteiger partial charge in [-0.1, -0.05) is 6.92 Å². The first-order valence-corrected chi connectivity index (χ1v) is 9.42. The minimum atomic E-state index is 0.00930. The zero-order valence-electron chi connectivity index (χ0n) is 15.6. The number of hydrogen-bond donors (Lipinski definition) is 0. The molecule has 1 fully saturated rings. The van der Waals surface area contributed by atoms with Gasteiger partial charge in [0.1, 0.15) is 11.5 Å². The Morgan fingerprint density at radius 2 is 2.04 bits per heavy atom. The second kappa shape index (κ2) is 8.74. The lowest BCUT2D eigenvalue weighted by molar-refractivity contribution is 0.0601. The van der Waals surface area contributed by atoms with Crippen molar-refractivity contribution >= 4 is 11.7 Å². The van der Waals surface area contributed by atoms with Crippen molar-refractivity contribution in [2.24, 2.45) is 0 Å². The minimum absolute atomic E-state index is 0.00930. The van der Waals surface area contributed by atoms with Crippen molar-refractivity contribution in [3.63, 3.8) is 0 Å². The fraction of sp³-hybridized carbons (Fsp3) is 0.500. The van der Waals surface area contributed by atoms with Crippen molar-refractivity contribution < 1.29 is 4.79 Å². The zero-order chi connectivity index (χ0) is 18.4. The van der Waals surface area contributed by atoms with Gasteiger partial charge in [-0.15, -0.1) is 0 Å². The Bertz CT molecular complexity index is 704. The third kappa shape index (κ3) is 4.36. The molecule has 3 heterocycles. The molecule has 3 rings (SSSR count). The van der Waals surface area contributed by atoms with Gasteiger partial charge in [0.15, 0.2) is 0 Å². The van der Waals surface area contributed by atoms with Gasteiger partial charge in [0, 0.05) is 38.6 Å². The van der Waals surface area contributed by atoms with Gasteiger partial charge in [-0.25, -0.2) is 9.97 Å². The number of aromatic nitrogens is 3. The van der Waals surface area contributed by atoms with Gasteiger partial charge in [-0.3, -0.25) is 9.78 Å². The highest BCUT2D eigenvalue weighted by molar-refractivity contribution is 5.92. The molecule has 1 aliphatic heterocycles. The third-order valence-electron chi connectivity index (χ3n) is 5.09. The molecule has 1 saturated heterocycles. The Balaban J connectivity index is 1.61. The number of anilines is 1. The van der Waals surface area contributed by atoms with Crippen molar-refractivity contribution in [1.82, 2.24) is 19.9 Å². The van der Waals surface area contributed by atoms with E-state index in [4.69, 9.17) is 0 Å². The van der Waals surface area contributed by atoms with Crippen LogP contribution in [-0.4, -0.2) is 51.9 Å². The van der Waals surface area contributed by atoms with E-state index in [-0.39, 0.29) is 5.91 Å². The molecule has 0 aliphatic carbocycles. The molecule has 1 unspecified atom stereocenters. The van der Waals surface area contributed by atoms with Crippen LogP contribution in [0.2, 0.25) is 0 Å². The number of nitrogens with zero attached hydrogens (tertiary/aromatic N) is 5. The van der Waals surface area contributed by atoms with E-state index in [1.165, 1.54) is 12.0 Å². The van der Waals surface area contributed by atoms with E-state index in [1.807, 2.05) is 24.1 Å². The molecule has 0 spiro atoms. The van der Waals surface area contributed by atoms with Crippen LogP contribution in [0.5, 0.6) is 0 Å². The number of rotatable bonds is 6. The van der Waals surface area contributed by atoms with E-state index in [0.717, 1.165) is 44.6 Å². The highest BCUT2D eigenvalue weighted by Crippen LogP contribution is 2.21. The Hall–Kier alpha value is -2.50.